The van der Waals surface area contributed by atoms with Gasteiger partial charge in [-0.05, 0) is 61.8 Å². The van der Waals surface area contributed by atoms with E-state index in [-0.39, 0.29) is 17.3 Å². The Morgan fingerprint density at radius 1 is 1.07 bits per heavy atom. The fraction of sp³-hybridized carbons (Fsp3) is 0.391. The van der Waals surface area contributed by atoms with Gasteiger partial charge in [0.15, 0.2) is 5.76 Å². The smallest absolute Gasteiger partial charge is 0.231 e. The lowest BCUT2D eigenvalue weighted by Crippen LogP contribution is -2.25. The van der Waals surface area contributed by atoms with E-state index in [9.17, 15) is 9.90 Å². The number of unbranched alkanes of at least 4 members (excludes halogenated alkanes) is 2. The Balaban J connectivity index is 1.88. The van der Waals surface area contributed by atoms with Gasteiger partial charge in [-0.15, -0.1) is 0 Å². The summed E-state index contributed by atoms with van der Waals surface area (Å²) < 4.78 is 5.95. The number of aromatic nitrogens is 1. The Morgan fingerprint density at radius 3 is 2.39 bits per heavy atom. The Hall–Kier alpha value is -2.66. The molecule has 0 atom stereocenters. The standard InChI is InChI=1S/C23H28N2O3/c1-3-5-13-25(14-6-4-2)16-19-20(26)8-7-18-22(27)21(28-23(18)19)15-17-9-11-24-12-10-17/h7-12,15,26H,3-6,13-14,16H2,1-2H3/b21-15+. The number of rotatable bonds is 9. The van der Waals surface area contributed by atoms with Gasteiger partial charge in [0.25, 0.3) is 0 Å². The largest absolute Gasteiger partial charge is 0.507 e. The number of phenolic OH excluding ortho intramolecular Hbond substituents is 1. The van der Waals surface area contributed by atoms with Crippen LogP contribution < -0.4 is 4.74 Å². The number of ether oxygens (including phenoxy) is 1. The predicted octanol–water partition coefficient (Wildman–Crippen LogP) is 4.81. The Morgan fingerprint density at radius 2 is 1.75 bits per heavy atom. The zero-order valence-electron chi connectivity index (χ0n) is 16.6. The van der Waals surface area contributed by atoms with Crippen molar-refractivity contribution in [2.75, 3.05) is 13.1 Å². The molecule has 1 aromatic heterocycles. The number of fused-ring (bicyclic) bond motifs is 1. The molecule has 0 bridgehead atoms. The molecule has 0 saturated heterocycles. The van der Waals surface area contributed by atoms with Crippen molar-refractivity contribution >= 4 is 11.9 Å². The van der Waals surface area contributed by atoms with E-state index in [4.69, 9.17) is 4.74 Å². The number of carbonyl (C=O) groups is 1. The van der Waals surface area contributed by atoms with E-state index in [0.717, 1.165) is 44.3 Å². The molecule has 5 nitrogen and oxygen atoms in total. The molecule has 2 heterocycles. The van der Waals surface area contributed by atoms with E-state index >= 15 is 0 Å². The summed E-state index contributed by atoms with van der Waals surface area (Å²) in [7, 11) is 0. The highest BCUT2D eigenvalue weighted by Crippen LogP contribution is 2.40. The van der Waals surface area contributed by atoms with Gasteiger partial charge in [0.05, 0.1) is 11.1 Å². The number of benzene rings is 1. The third-order valence-electron chi connectivity index (χ3n) is 4.96. The Kier molecular flexibility index (Phi) is 6.82. The first-order chi connectivity index (χ1) is 13.6. The van der Waals surface area contributed by atoms with Crippen LogP contribution in [0.2, 0.25) is 0 Å². The van der Waals surface area contributed by atoms with Crippen molar-refractivity contribution in [1.29, 1.82) is 0 Å². The summed E-state index contributed by atoms with van der Waals surface area (Å²) in [6.07, 6.45) is 9.52. The molecule has 5 heteroatoms. The topological polar surface area (TPSA) is 62.7 Å². The fourth-order valence-electron chi connectivity index (χ4n) is 3.32. The van der Waals surface area contributed by atoms with Gasteiger partial charge in [-0.25, -0.2) is 0 Å². The summed E-state index contributed by atoms with van der Waals surface area (Å²) in [6, 6.07) is 6.89. The summed E-state index contributed by atoms with van der Waals surface area (Å²) in [5, 5.41) is 10.5. The van der Waals surface area contributed by atoms with Crippen LogP contribution in [0, 0.1) is 0 Å². The number of phenols is 1. The summed E-state index contributed by atoms with van der Waals surface area (Å²) >= 11 is 0. The molecular formula is C23H28N2O3. The predicted molar refractivity (Wildman–Crippen MR) is 110 cm³/mol. The van der Waals surface area contributed by atoms with Crippen LogP contribution in [-0.2, 0) is 6.54 Å². The van der Waals surface area contributed by atoms with Crippen LogP contribution >= 0.6 is 0 Å². The third kappa shape index (κ3) is 4.60. The van der Waals surface area contributed by atoms with Gasteiger partial charge in [-0.2, -0.15) is 0 Å². The summed E-state index contributed by atoms with van der Waals surface area (Å²) in [6.45, 7) is 6.85. The highest BCUT2D eigenvalue weighted by molar-refractivity contribution is 6.14. The second-order valence-electron chi connectivity index (χ2n) is 7.14. The molecule has 1 aliphatic rings. The molecule has 3 rings (SSSR count). The van der Waals surface area contributed by atoms with Crippen molar-refractivity contribution in [3.8, 4) is 11.5 Å². The van der Waals surface area contributed by atoms with Gasteiger partial charge in [-0.3, -0.25) is 14.7 Å². The third-order valence-corrected chi connectivity index (χ3v) is 4.96. The van der Waals surface area contributed by atoms with E-state index in [1.165, 1.54) is 0 Å². The number of carbonyl (C=O) groups excluding carboxylic acids is 1. The van der Waals surface area contributed by atoms with E-state index in [1.54, 1.807) is 30.6 Å². The van der Waals surface area contributed by atoms with Gasteiger partial charge in [-0.1, -0.05) is 26.7 Å². The second kappa shape index (κ2) is 9.51. The molecule has 148 valence electrons. The van der Waals surface area contributed by atoms with E-state index in [1.807, 2.05) is 12.1 Å². The van der Waals surface area contributed by atoms with E-state index in [2.05, 4.69) is 23.7 Å². The molecule has 28 heavy (non-hydrogen) atoms. The molecule has 0 unspecified atom stereocenters. The van der Waals surface area contributed by atoms with Crippen LogP contribution in [0.1, 0.15) is 61.0 Å². The number of Topliss-reactive ketones (excluding diaryl/α,β-unsaturated/α-hetero) is 1. The van der Waals surface area contributed by atoms with Crippen LogP contribution in [0.15, 0.2) is 42.4 Å². The van der Waals surface area contributed by atoms with Crippen LogP contribution in [0.25, 0.3) is 6.08 Å². The number of ketones is 1. The monoisotopic (exact) mass is 380 g/mol. The molecule has 0 spiro atoms. The first-order valence-electron chi connectivity index (χ1n) is 10.1. The molecule has 0 amide bonds. The van der Waals surface area contributed by atoms with Crippen LogP contribution in [-0.4, -0.2) is 33.9 Å². The van der Waals surface area contributed by atoms with Crippen molar-refractivity contribution in [2.24, 2.45) is 0 Å². The quantitative estimate of drug-likeness (QED) is 0.633. The molecule has 0 fully saturated rings. The minimum absolute atomic E-state index is 0.151. The maximum Gasteiger partial charge on any atom is 0.231 e. The normalized spacial score (nSPS) is 14.5. The maximum absolute atomic E-state index is 12.8. The minimum atomic E-state index is -0.151. The Bertz CT molecular complexity index is 838. The SMILES string of the molecule is CCCCN(CCCC)Cc1c(O)ccc2c1O/C(=C/c1ccncc1)C2=O. The number of hydrogen-bond acceptors (Lipinski definition) is 5. The minimum Gasteiger partial charge on any atom is -0.507 e. The van der Waals surface area contributed by atoms with Gasteiger partial charge in [0.2, 0.25) is 5.78 Å². The van der Waals surface area contributed by atoms with Crippen molar-refractivity contribution in [3.05, 3.63) is 59.1 Å². The highest BCUT2D eigenvalue weighted by atomic mass is 16.5. The molecule has 1 N–H and O–H groups in total. The highest BCUT2D eigenvalue weighted by Gasteiger charge is 2.31. The molecule has 0 radical (unpaired) electrons. The van der Waals surface area contributed by atoms with Crippen molar-refractivity contribution < 1.29 is 14.6 Å². The number of pyridine rings is 1. The summed E-state index contributed by atoms with van der Waals surface area (Å²) in [5.74, 6) is 0.793. The first-order valence-corrected chi connectivity index (χ1v) is 10.1. The molecule has 1 aliphatic heterocycles. The lowest BCUT2D eigenvalue weighted by atomic mass is 10.0. The second-order valence-corrected chi connectivity index (χ2v) is 7.14. The lowest BCUT2D eigenvalue weighted by molar-refractivity contribution is 0.101. The first kappa shape index (κ1) is 20.1. The number of nitrogens with zero attached hydrogens (tertiary/aromatic N) is 2. The van der Waals surface area contributed by atoms with Gasteiger partial charge in [0.1, 0.15) is 11.5 Å². The van der Waals surface area contributed by atoms with Gasteiger partial charge >= 0.3 is 0 Å². The zero-order chi connectivity index (χ0) is 19.9. The maximum atomic E-state index is 12.8. The summed E-state index contributed by atoms with van der Waals surface area (Å²) in [5.41, 5.74) is 2.06. The van der Waals surface area contributed by atoms with Crippen LogP contribution in [0.3, 0.4) is 0 Å². The molecular weight excluding hydrogens is 352 g/mol. The van der Waals surface area contributed by atoms with E-state index in [0.29, 0.717) is 23.4 Å². The number of allylic oxidation sites excluding steroid dienone is 1. The van der Waals surface area contributed by atoms with Gasteiger partial charge < -0.3 is 9.84 Å². The van der Waals surface area contributed by atoms with Crippen molar-refractivity contribution in [3.63, 3.8) is 0 Å². The molecule has 0 aliphatic carbocycles. The number of hydrogen-bond donors (Lipinski definition) is 1. The molecule has 2 aromatic rings. The molecule has 1 aromatic carbocycles. The number of aromatic hydroxyl groups is 1. The summed E-state index contributed by atoms with van der Waals surface area (Å²) in [4.78, 5) is 19.1. The van der Waals surface area contributed by atoms with Crippen molar-refractivity contribution in [2.45, 2.75) is 46.1 Å². The fourth-order valence-corrected chi connectivity index (χ4v) is 3.32. The van der Waals surface area contributed by atoms with Crippen LogP contribution in [0.5, 0.6) is 11.5 Å². The average molecular weight is 380 g/mol. The molecule has 0 saturated carbocycles. The zero-order valence-corrected chi connectivity index (χ0v) is 16.6. The van der Waals surface area contributed by atoms with Crippen LogP contribution in [0.4, 0.5) is 0 Å². The van der Waals surface area contributed by atoms with Crippen molar-refractivity contribution in [1.82, 2.24) is 9.88 Å². The Labute approximate surface area is 166 Å². The van der Waals surface area contributed by atoms with Gasteiger partial charge in [0, 0.05) is 18.9 Å². The average Bonchev–Trinajstić information content (AvgIpc) is 3.02. The van der Waals surface area contributed by atoms with E-state index < -0.39 is 0 Å². The lowest BCUT2D eigenvalue weighted by Gasteiger charge is -2.23.